The van der Waals surface area contributed by atoms with Crippen LogP contribution >= 0.6 is 12.2 Å². The van der Waals surface area contributed by atoms with Crippen molar-refractivity contribution in [2.75, 3.05) is 20.3 Å². The minimum atomic E-state index is -0.692. The van der Waals surface area contributed by atoms with E-state index in [0.717, 1.165) is 6.42 Å². The predicted octanol–water partition coefficient (Wildman–Crippen LogP) is 1.23. The molecule has 0 rings (SSSR count). The summed E-state index contributed by atoms with van der Waals surface area (Å²) in [6, 6.07) is 0. The van der Waals surface area contributed by atoms with Gasteiger partial charge in [-0.25, -0.2) is 0 Å². The van der Waals surface area contributed by atoms with Gasteiger partial charge in [0.15, 0.2) is 0 Å². The number of ether oxygens (including phenoxy) is 1. The fourth-order valence-electron chi connectivity index (χ4n) is 1.62. The summed E-state index contributed by atoms with van der Waals surface area (Å²) in [5, 5.41) is 2.86. The minimum Gasteiger partial charge on any atom is -0.392 e. The lowest BCUT2D eigenvalue weighted by molar-refractivity contribution is -0.127. The van der Waals surface area contributed by atoms with Gasteiger partial charge in [-0.3, -0.25) is 4.79 Å². The quantitative estimate of drug-likeness (QED) is 0.499. The number of thiocarbonyl (C=S) groups is 1. The largest absolute Gasteiger partial charge is 0.392 e. The van der Waals surface area contributed by atoms with E-state index in [1.54, 1.807) is 7.11 Å². The van der Waals surface area contributed by atoms with Crippen LogP contribution in [0.5, 0.6) is 0 Å². The van der Waals surface area contributed by atoms with Crippen molar-refractivity contribution in [2.24, 2.45) is 11.1 Å². The molecular formula is C11H22N2O2S. The van der Waals surface area contributed by atoms with Crippen LogP contribution in [0.15, 0.2) is 0 Å². The van der Waals surface area contributed by atoms with E-state index >= 15 is 0 Å². The van der Waals surface area contributed by atoms with Crippen LogP contribution < -0.4 is 11.1 Å². The molecule has 0 unspecified atom stereocenters. The molecule has 0 aliphatic carbocycles. The lowest BCUT2D eigenvalue weighted by Gasteiger charge is -2.28. The van der Waals surface area contributed by atoms with Gasteiger partial charge in [-0.1, -0.05) is 26.1 Å². The molecular weight excluding hydrogens is 224 g/mol. The number of carbonyl (C=O) groups excluding carboxylic acids is 1. The zero-order valence-corrected chi connectivity index (χ0v) is 11.2. The number of methoxy groups -OCH3 is 1. The highest BCUT2D eigenvalue weighted by molar-refractivity contribution is 7.80. The second kappa shape index (κ2) is 7.57. The Morgan fingerprint density at radius 2 is 2.00 bits per heavy atom. The Bertz CT molecular complexity index is 240. The molecule has 0 aromatic carbocycles. The van der Waals surface area contributed by atoms with Gasteiger partial charge in [0.05, 0.1) is 10.4 Å². The van der Waals surface area contributed by atoms with E-state index < -0.39 is 5.41 Å². The SMILES string of the molecule is CCC(CC)(C(=O)NCCCOC)C(N)=S. The number of carbonyl (C=O) groups is 1. The third-order valence-corrected chi connectivity index (χ3v) is 3.31. The van der Waals surface area contributed by atoms with Gasteiger partial charge in [0.25, 0.3) is 0 Å². The van der Waals surface area contributed by atoms with Crippen LogP contribution in [0.4, 0.5) is 0 Å². The van der Waals surface area contributed by atoms with Crippen molar-refractivity contribution in [2.45, 2.75) is 33.1 Å². The summed E-state index contributed by atoms with van der Waals surface area (Å²) in [7, 11) is 1.64. The molecule has 0 saturated carbocycles. The number of nitrogens with one attached hydrogen (secondary N) is 1. The van der Waals surface area contributed by atoms with Crippen LogP contribution in [0.3, 0.4) is 0 Å². The minimum absolute atomic E-state index is 0.0684. The van der Waals surface area contributed by atoms with Crippen molar-refractivity contribution >= 4 is 23.1 Å². The molecule has 0 fully saturated rings. The number of hydrogen-bond donors (Lipinski definition) is 2. The van der Waals surface area contributed by atoms with Gasteiger partial charge in [0.1, 0.15) is 0 Å². The number of nitrogens with two attached hydrogens (primary N) is 1. The summed E-state index contributed by atoms with van der Waals surface area (Å²) >= 11 is 5.00. The van der Waals surface area contributed by atoms with Crippen LogP contribution in [0, 0.1) is 5.41 Å². The molecule has 0 radical (unpaired) electrons. The van der Waals surface area contributed by atoms with Crippen LogP contribution in [-0.4, -0.2) is 31.2 Å². The van der Waals surface area contributed by atoms with E-state index in [4.69, 9.17) is 22.7 Å². The van der Waals surface area contributed by atoms with E-state index in [1.807, 2.05) is 13.8 Å². The Morgan fingerprint density at radius 1 is 1.44 bits per heavy atom. The monoisotopic (exact) mass is 246 g/mol. The lowest BCUT2D eigenvalue weighted by Crippen LogP contribution is -2.48. The van der Waals surface area contributed by atoms with E-state index in [0.29, 0.717) is 26.0 Å². The molecule has 0 bridgehead atoms. The second-order valence-corrected chi connectivity index (χ2v) is 4.20. The Hall–Kier alpha value is -0.680. The van der Waals surface area contributed by atoms with Gasteiger partial charge in [-0.2, -0.15) is 0 Å². The molecule has 0 aromatic rings. The summed E-state index contributed by atoms with van der Waals surface area (Å²) in [4.78, 5) is 12.3. The van der Waals surface area contributed by atoms with Crippen LogP contribution in [-0.2, 0) is 9.53 Å². The average Bonchev–Trinajstić information content (AvgIpc) is 2.26. The predicted molar refractivity (Wildman–Crippen MR) is 69.3 cm³/mol. The molecule has 0 aliphatic rings. The molecule has 0 heterocycles. The van der Waals surface area contributed by atoms with Gasteiger partial charge < -0.3 is 15.8 Å². The summed E-state index contributed by atoms with van der Waals surface area (Å²) in [5.74, 6) is -0.0684. The topological polar surface area (TPSA) is 64.3 Å². The summed E-state index contributed by atoms with van der Waals surface area (Å²) in [5.41, 5.74) is 4.98. The smallest absolute Gasteiger partial charge is 0.233 e. The molecule has 16 heavy (non-hydrogen) atoms. The zero-order chi connectivity index (χ0) is 12.6. The first-order valence-electron chi connectivity index (χ1n) is 5.62. The van der Waals surface area contributed by atoms with Gasteiger partial charge in [0, 0.05) is 20.3 Å². The van der Waals surface area contributed by atoms with Gasteiger partial charge >= 0.3 is 0 Å². The molecule has 0 saturated heterocycles. The van der Waals surface area contributed by atoms with E-state index in [-0.39, 0.29) is 10.9 Å². The van der Waals surface area contributed by atoms with Gasteiger partial charge in [0.2, 0.25) is 5.91 Å². The van der Waals surface area contributed by atoms with E-state index in [1.165, 1.54) is 0 Å². The Morgan fingerprint density at radius 3 is 2.38 bits per heavy atom. The Kier molecular flexibility index (Phi) is 7.25. The number of rotatable bonds is 8. The summed E-state index contributed by atoms with van der Waals surface area (Å²) in [6.45, 7) is 5.09. The zero-order valence-electron chi connectivity index (χ0n) is 10.3. The maximum absolute atomic E-state index is 12.0. The fourth-order valence-corrected chi connectivity index (χ4v) is 2.00. The maximum atomic E-state index is 12.0. The first-order chi connectivity index (χ1) is 7.55. The lowest BCUT2D eigenvalue weighted by atomic mass is 9.81. The van der Waals surface area contributed by atoms with Crippen LogP contribution in [0.2, 0.25) is 0 Å². The van der Waals surface area contributed by atoms with Crippen molar-refractivity contribution in [3.63, 3.8) is 0 Å². The van der Waals surface area contributed by atoms with Crippen LogP contribution in [0.25, 0.3) is 0 Å². The number of hydrogen-bond acceptors (Lipinski definition) is 3. The van der Waals surface area contributed by atoms with Crippen molar-refractivity contribution in [1.29, 1.82) is 0 Å². The van der Waals surface area contributed by atoms with Crippen molar-refractivity contribution in [3.05, 3.63) is 0 Å². The normalized spacial score (nSPS) is 11.2. The molecule has 5 heteroatoms. The molecule has 0 spiro atoms. The number of amides is 1. The van der Waals surface area contributed by atoms with E-state index in [9.17, 15) is 4.79 Å². The average molecular weight is 246 g/mol. The molecule has 94 valence electrons. The third kappa shape index (κ3) is 3.72. The van der Waals surface area contributed by atoms with Gasteiger partial charge in [-0.05, 0) is 19.3 Å². The highest BCUT2D eigenvalue weighted by Crippen LogP contribution is 2.27. The van der Waals surface area contributed by atoms with Gasteiger partial charge in [-0.15, -0.1) is 0 Å². The van der Waals surface area contributed by atoms with E-state index in [2.05, 4.69) is 5.32 Å². The molecule has 0 aliphatic heterocycles. The third-order valence-electron chi connectivity index (χ3n) is 2.92. The Labute approximate surface area is 103 Å². The molecule has 1 amide bonds. The maximum Gasteiger partial charge on any atom is 0.233 e. The van der Waals surface area contributed by atoms with Crippen LogP contribution in [0.1, 0.15) is 33.1 Å². The molecule has 3 N–H and O–H groups in total. The highest BCUT2D eigenvalue weighted by Gasteiger charge is 2.37. The molecule has 4 nitrogen and oxygen atoms in total. The standard InChI is InChI=1S/C11H22N2O2S/c1-4-11(5-2,9(12)16)10(14)13-7-6-8-15-3/h4-8H2,1-3H3,(H2,12,16)(H,13,14). The summed E-state index contributed by atoms with van der Waals surface area (Å²) < 4.78 is 4.91. The second-order valence-electron chi connectivity index (χ2n) is 3.76. The molecule has 0 atom stereocenters. The fraction of sp³-hybridized carbons (Fsp3) is 0.818. The first-order valence-corrected chi connectivity index (χ1v) is 6.03. The highest BCUT2D eigenvalue weighted by atomic mass is 32.1. The Balaban J connectivity index is 4.34. The van der Waals surface area contributed by atoms with Crippen molar-refractivity contribution < 1.29 is 9.53 Å². The van der Waals surface area contributed by atoms with Crippen molar-refractivity contribution in [1.82, 2.24) is 5.32 Å². The summed E-state index contributed by atoms with van der Waals surface area (Å²) in [6.07, 6.45) is 2.06. The molecule has 0 aromatic heterocycles. The van der Waals surface area contributed by atoms with Crippen molar-refractivity contribution in [3.8, 4) is 0 Å². The first kappa shape index (κ1) is 15.3.